The molecule has 2 N–H and O–H groups in total. The van der Waals surface area contributed by atoms with E-state index in [-0.39, 0.29) is 5.91 Å². The number of amides is 1. The third-order valence-electron chi connectivity index (χ3n) is 4.14. The fraction of sp³-hybridized carbons (Fsp3) is 0.389. The number of carbonyl (C=O) groups excluding carboxylic acids is 1. The molecule has 3 rings (SSSR count). The van der Waals surface area contributed by atoms with Gasteiger partial charge in [0, 0.05) is 24.3 Å². The molecule has 1 aromatic carbocycles. The number of nitrogen functional groups attached to an aromatic ring is 1. The summed E-state index contributed by atoms with van der Waals surface area (Å²) in [4.78, 5) is 14.5. The van der Waals surface area contributed by atoms with Crippen LogP contribution in [0.15, 0.2) is 40.8 Å². The Hall–Kier alpha value is -2.23. The highest BCUT2D eigenvalue weighted by Crippen LogP contribution is 2.26. The van der Waals surface area contributed by atoms with Crippen LogP contribution in [0.2, 0.25) is 0 Å². The molecule has 1 fully saturated rings. The van der Waals surface area contributed by atoms with Crippen LogP contribution in [-0.2, 0) is 0 Å². The van der Waals surface area contributed by atoms with Crippen molar-refractivity contribution < 1.29 is 9.21 Å². The van der Waals surface area contributed by atoms with Crippen LogP contribution in [0.25, 0.3) is 11.3 Å². The van der Waals surface area contributed by atoms with Gasteiger partial charge in [0.05, 0.1) is 0 Å². The van der Waals surface area contributed by atoms with E-state index in [2.05, 4.69) is 13.8 Å². The molecule has 1 aromatic heterocycles. The van der Waals surface area contributed by atoms with Crippen molar-refractivity contribution in [1.82, 2.24) is 4.90 Å². The second kappa shape index (κ2) is 5.87. The number of furan rings is 1. The van der Waals surface area contributed by atoms with Crippen molar-refractivity contribution in [1.29, 1.82) is 0 Å². The minimum Gasteiger partial charge on any atom is -0.451 e. The lowest BCUT2D eigenvalue weighted by Gasteiger charge is -2.34. The molecule has 1 aliphatic rings. The molecule has 2 aromatic rings. The van der Waals surface area contributed by atoms with E-state index in [0.717, 1.165) is 18.7 Å². The van der Waals surface area contributed by atoms with E-state index in [0.29, 0.717) is 29.0 Å². The fourth-order valence-electron chi connectivity index (χ4n) is 3.28. The summed E-state index contributed by atoms with van der Waals surface area (Å²) in [7, 11) is 0. The van der Waals surface area contributed by atoms with Crippen LogP contribution in [0.3, 0.4) is 0 Å². The van der Waals surface area contributed by atoms with Gasteiger partial charge in [-0.05, 0) is 42.5 Å². The zero-order valence-corrected chi connectivity index (χ0v) is 13.1. The SMILES string of the molecule is C[C@@H]1C[C@H](C)CN(C(=O)c2ccc(-c3cccc(N)c3)o2)C1. The number of nitrogens with zero attached hydrogens (tertiary/aromatic N) is 1. The smallest absolute Gasteiger partial charge is 0.289 e. The van der Waals surface area contributed by atoms with Gasteiger partial charge in [-0.15, -0.1) is 0 Å². The zero-order chi connectivity index (χ0) is 15.7. The summed E-state index contributed by atoms with van der Waals surface area (Å²) in [5.41, 5.74) is 7.36. The first-order valence-corrected chi connectivity index (χ1v) is 7.78. The van der Waals surface area contributed by atoms with Gasteiger partial charge in [0.25, 0.3) is 5.91 Å². The van der Waals surface area contributed by atoms with Crippen LogP contribution in [0.5, 0.6) is 0 Å². The minimum atomic E-state index is -0.0199. The first kappa shape index (κ1) is 14.7. The summed E-state index contributed by atoms with van der Waals surface area (Å²) in [6, 6.07) is 11.1. The number of hydrogen-bond acceptors (Lipinski definition) is 3. The molecular weight excluding hydrogens is 276 g/mol. The van der Waals surface area contributed by atoms with Crippen molar-refractivity contribution >= 4 is 11.6 Å². The summed E-state index contributed by atoms with van der Waals surface area (Å²) in [6.07, 6.45) is 1.18. The quantitative estimate of drug-likeness (QED) is 0.861. The van der Waals surface area contributed by atoms with Crippen LogP contribution in [0, 0.1) is 11.8 Å². The van der Waals surface area contributed by atoms with Crippen molar-refractivity contribution in [3.8, 4) is 11.3 Å². The topological polar surface area (TPSA) is 59.5 Å². The van der Waals surface area contributed by atoms with Crippen LogP contribution in [0.4, 0.5) is 5.69 Å². The minimum absolute atomic E-state index is 0.0199. The van der Waals surface area contributed by atoms with Crippen molar-refractivity contribution in [2.24, 2.45) is 11.8 Å². The number of carbonyl (C=O) groups is 1. The number of rotatable bonds is 2. The highest BCUT2D eigenvalue weighted by atomic mass is 16.4. The van der Waals surface area contributed by atoms with E-state index in [9.17, 15) is 4.79 Å². The summed E-state index contributed by atoms with van der Waals surface area (Å²) in [5.74, 6) is 2.13. The van der Waals surface area contributed by atoms with Gasteiger partial charge in [0.1, 0.15) is 5.76 Å². The molecule has 0 unspecified atom stereocenters. The maximum absolute atomic E-state index is 12.6. The Balaban J connectivity index is 1.80. The number of nitrogens with two attached hydrogens (primary N) is 1. The second-order valence-electron chi connectivity index (χ2n) is 6.45. The lowest BCUT2D eigenvalue weighted by Crippen LogP contribution is -2.42. The van der Waals surface area contributed by atoms with Crippen LogP contribution < -0.4 is 5.73 Å². The highest BCUT2D eigenvalue weighted by molar-refractivity contribution is 5.92. The van der Waals surface area contributed by atoms with Gasteiger partial charge < -0.3 is 15.1 Å². The van der Waals surface area contributed by atoms with E-state index < -0.39 is 0 Å². The predicted molar refractivity (Wildman–Crippen MR) is 87.4 cm³/mol. The molecule has 116 valence electrons. The Morgan fingerprint density at radius 3 is 2.59 bits per heavy atom. The predicted octanol–water partition coefficient (Wildman–Crippen LogP) is 3.65. The molecule has 1 saturated heterocycles. The van der Waals surface area contributed by atoms with Crippen molar-refractivity contribution in [3.63, 3.8) is 0 Å². The number of likely N-dealkylation sites (tertiary alicyclic amines) is 1. The molecule has 22 heavy (non-hydrogen) atoms. The van der Waals surface area contributed by atoms with Gasteiger partial charge in [0.15, 0.2) is 5.76 Å². The summed E-state index contributed by atoms with van der Waals surface area (Å²) in [6.45, 7) is 5.99. The Morgan fingerprint density at radius 1 is 1.18 bits per heavy atom. The molecule has 0 radical (unpaired) electrons. The van der Waals surface area contributed by atoms with Gasteiger partial charge >= 0.3 is 0 Å². The monoisotopic (exact) mass is 298 g/mol. The van der Waals surface area contributed by atoms with Crippen LogP contribution in [-0.4, -0.2) is 23.9 Å². The second-order valence-corrected chi connectivity index (χ2v) is 6.45. The molecule has 2 atom stereocenters. The third kappa shape index (κ3) is 3.01. The average molecular weight is 298 g/mol. The molecule has 2 heterocycles. The summed E-state index contributed by atoms with van der Waals surface area (Å²) >= 11 is 0. The first-order chi connectivity index (χ1) is 10.5. The van der Waals surface area contributed by atoms with E-state index in [4.69, 9.17) is 10.2 Å². The average Bonchev–Trinajstić information content (AvgIpc) is 2.95. The molecule has 1 amide bonds. The Bertz CT molecular complexity index is 667. The third-order valence-corrected chi connectivity index (χ3v) is 4.14. The van der Waals surface area contributed by atoms with Gasteiger partial charge in [0.2, 0.25) is 0 Å². The van der Waals surface area contributed by atoms with E-state index in [1.54, 1.807) is 6.07 Å². The molecular formula is C18H22N2O2. The van der Waals surface area contributed by atoms with Crippen molar-refractivity contribution in [2.45, 2.75) is 20.3 Å². The summed E-state index contributed by atoms with van der Waals surface area (Å²) in [5, 5.41) is 0. The lowest BCUT2D eigenvalue weighted by molar-refractivity contribution is 0.0592. The van der Waals surface area contributed by atoms with E-state index in [1.165, 1.54) is 6.42 Å². The number of benzene rings is 1. The maximum atomic E-state index is 12.6. The molecule has 4 nitrogen and oxygen atoms in total. The van der Waals surface area contributed by atoms with Gasteiger partial charge in [-0.25, -0.2) is 0 Å². The molecule has 0 bridgehead atoms. The van der Waals surface area contributed by atoms with Gasteiger partial charge in [-0.1, -0.05) is 26.0 Å². The van der Waals surface area contributed by atoms with Crippen molar-refractivity contribution in [2.75, 3.05) is 18.8 Å². The maximum Gasteiger partial charge on any atom is 0.289 e. The zero-order valence-electron chi connectivity index (χ0n) is 13.1. The van der Waals surface area contributed by atoms with E-state index >= 15 is 0 Å². The standard InChI is InChI=1S/C18H22N2O2/c1-12-8-13(2)11-20(10-12)18(21)17-7-6-16(22-17)14-4-3-5-15(19)9-14/h3-7,9,12-13H,8,10-11,19H2,1-2H3/t12-,13+. The van der Waals surface area contributed by atoms with Crippen molar-refractivity contribution in [3.05, 3.63) is 42.2 Å². The number of anilines is 1. The van der Waals surface area contributed by atoms with Crippen LogP contribution in [0.1, 0.15) is 30.8 Å². The van der Waals surface area contributed by atoms with Gasteiger partial charge in [-0.2, -0.15) is 0 Å². The Labute approximate surface area is 130 Å². The summed E-state index contributed by atoms with van der Waals surface area (Å²) < 4.78 is 5.76. The Kier molecular flexibility index (Phi) is 3.92. The largest absolute Gasteiger partial charge is 0.451 e. The van der Waals surface area contributed by atoms with Crippen LogP contribution >= 0.6 is 0 Å². The highest BCUT2D eigenvalue weighted by Gasteiger charge is 2.27. The molecule has 1 aliphatic heterocycles. The van der Waals surface area contributed by atoms with E-state index in [1.807, 2.05) is 35.2 Å². The molecule has 0 aliphatic carbocycles. The molecule has 4 heteroatoms. The molecule has 0 saturated carbocycles. The Morgan fingerprint density at radius 2 is 1.91 bits per heavy atom. The molecule has 0 spiro atoms. The van der Waals surface area contributed by atoms with Gasteiger partial charge in [-0.3, -0.25) is 4.79 Å². The number of hydrogen-bond donors (Lipinski definition) is 1. The normalized spacial score (nSPS) is 21.8. The lowest BCUT2D eigenvalue weighted by atomic mass is 9.92. The fourth-order valence-corrected chi connectivity index (χ4v) is 3.28. The number of piperidine rings is 1. The first-order valence-electron chi connectivity index (χ1n) is 7.78.